The van der Waals surface area contributed by atoms with Gasteiger partial charge in [0.2, 0.25) is 11.3 Å². The van der Waals surface area contributed by atoms with Crippen molar-refractivity contribution in [3.05, 3.63) is 57.5 Å². The second-order valence-electron chi connectivity index (χ2n) is 8.22. The first-order valence-corrected chi connectivity index (χ1v) is 10.6. The SMILES string of the molecule is Cc1cc(=O)c(C(=O)N2CCN(CC(=O)NC(C)C)CC2)nn1-c1ccccc1C(F)(F)F. The molecule has 0 aliphatic carbocycles. The van der Waals surface area contributed by atoms with Gasteiger partial charge in [-0.05, 0) is 32.9 Å². The summed E-state index contributed by atoms with van der Waals surface area (Å²) >= 11 is 0. The fourth-order valence-electron chi connectivity index (χ4n) is 3.67. The normalized spacial score (nSPS) is 15.1. The van der Waals surface area contributed by atoms with Gasteiger partial charge < -0.3 is 10.2 Å². The van der Waals surface area contributed by atoms with Crippen LogP contribution < -0.4 is 10.7 Å². The highest BCUT2D eigenvalue weighted by atomic mass is 19.4. The quantitative estimate of drug-likeness (QED) is 0.728. The molecule has 2 amide bonds. The minimum atomic E-state index is -4.63. The maximum atomic E-state index is 13.5. The first-order chi connectivity index (χ1) is 15.5. The molecule has 0 bridgehead atoms. The van der Waals surface area contributed by atoms with Crippen molar-refractivity contribution in [2.45, 2.75) is 33.0 Å². The largest absolute Gasteiger partial charge is 0.418 e. The fraction of sp³-hybridized carbons (Fsp3) is 0.455. The van der Waals surface area contributed by atoms with E-state index in [0.717, 1.165) is 16.8 Å². The summed E-state index contributed by atoms with van der Waals surface area (Å²) in [6.45, 7) is 6.76. The Hall–Kier alpha value is -3.21. The lowest BCUT2D eigenvalue weighted by molar-refractivity contribution is -0.137. The molecular weight excluding hydrogens is 439 g/mol. The lowest BCUT2D eigenvalue weighted by atomic mass is 10.1. The summed E-state index contributed by atoms with van der Waals surface area (Å²) in [5, 5.41) is 6.83. The van der Waals surface area contributed by atoms with Gasteiger partial charge in [0.1, 0.15) is 0 Å². The summed E-state index contributed by atoms with van der Waals surface area (Å²) in [5.41, 5.74) is -2.11. The molecule has 2 heterocycles. The second-order valence-corrected chi connectivity index (χ2v) is 8.22. The average Bonchev–Trinajstić information content (AvgIpc) is 2.73. The van der Waals surface area contributed by atoms with E-state index in [1.54, 1.807) is 0 Å². The van der Waals surface area contributed by atoms with Crippen molar-refractivity contribution >= 4 is 11.8 Å². The van der Waals surface area contributed by atoms with Crippen molar-refractivity contribution in [1.29, 1.82) is 0 Å². The summed E-state index contributed by atoms with van der Waals surface area (Å²) in [5.74, 6) is -0.763. The molecule has 1 aromatic heterocycles. The predicted octanol–water partition coefficient (Wildman–Crippen LogP) is 1.84. The minimum absolute atomic E-state index is 0.0256. The molecule has 3 rings (SSSR count). The van der Waals surface area contributed by atoms with Crippen LogP contribution >= 0.6 is 0 Å². The monoisotopic (exact) mass is 465 g/mol. The summed E-state index contributed by atoms with van der Waals surface area (Å²) in [6.07, 6.45) is -4.63. The average molecular weight is 465 g/mol. The molecule has 1 aliphatic heterocycles. The molecule has 2 aromatic rings. The number of aryl methyl sites for hydroxylation is 1. The zero-order chi connectivity index (χ0) is 24.3. The summed E-state index contributed by atoms with van der Waals surface area (Å²) in [4.78, 5) is 40.7. The van der Waals surface area contributed by atoms with Gasteiger partial charge in [-0.15, -0.1) is 0 Å². The number of piperazine rings is 1. The van der Waals surface area contributed by atoms with E-state index in [4.69, 9.17) is 0 Å². The number of nitrogens with zero attached hydrogens (tertiary/aromatic N) is 4. The van der Waals surface area contributed by atoms with Crippen LogP contribution in [0.4, 0.5) is 13.2 Å². The van der Waals surface area contributed by atoms with E-state index in [-0.39, 0.29) is 43.0 Å². The van der Waals surface area contributed by atoms with Crippen LogP contribution in [0, 0.1) is 6.92 Å². The van der Waals surface area contributed by atoms with Gasteiger partial charge >= 0.3 is 6.18 Å². The summed E-state index contributed by atoms with van der Waals surface area (Å²) in [7, 11) is 0. The number of nitrogens with one attached hydrogen (secondary N) is 1. The summed E-state index contributed by atoms with van der Waals surface area (Å²) < 4.78 is 41.4. The van der Waals surface area contributed by atoms with E-state index in [1.165, 1.54) is 30.0 Å². The van der Waals surface area contributed by atoms with Crippen LogP contribution in [0.5, 0.6) is 0 Å². The fourth-order valence-corrected chi connectivity index (χ4v) is 3.67. The number of hydrogen-bond acceptors (Lipinski definition) is 5. The topological polar surface area (TPSA) is 87.5 Å². The van der Waals surface area contributed by atoms with Crippen LogP contribution in [-0.2, 0) is 11.0 Å². The van der Waals surface area contributed by atoms with Crippen molar-refractivity contribution in [2.24, 2.45) is 0 Å². The highest BCUT2D eigenvalue weighted by Gasteiger charge is 2.34. The molecule has 1 fully saturated rings. The van der Waals surface area contributed by atoms with Crippen LogP contribution in [0.15, 0.2) is 35.1 Å². The van der Waals surface area contributed by atoms with Gasteiger partial charge in [-0.1, -0.05) is 12.1 Å². The van der Waals surface area contributed by atoms with Gasteiger partial charge in [0.15, 0.2) is 5.69 Å². The smallest absolute Gasteiger partial charge is 0.353 e. The molecule has 1 saturated heterocycles. The standard InChI is InChI=1S/C22H26F3N5O3/c1-14(2)26-19(32)13-28-8-10-29(11-9-28)21(33)20-18(31)12-15(3)30(27-20)17-7-5-4-6-16(17)22(23,24)25/h4-7,12,14H,8-11,13H2,1-3H3,(H,26,32). The molecule has 178 valence electrons. The van der Waals surface area contributed by atoms with Gasteiger partial charge in [-0.25, -0.2) is 4.68 Å². The van der Waals surface area contributed by atoms with Crippen LogP contribution in [0.2, 0.25) is 0 Å². The van der Waals surface area contributed by atoms with Gasteiger partial charge in [0.25, 0.3) is 5.91 Å². The highest BCUT2D eigenvalue weighted by molar-refractivity contribution is 5.92. The molecule has 33 heavy (non-hydrogen) atoms. The molecule has 1 aliphatic rings. The third kappa shape index (κ3) is 5.78. The Morgan fingerprint density at radius 1 is 1.12 bits per heavy atom. The first-order valence-electron chi connectivity index (χ1n) is 10.6. The molecular formula is C22H26F3N5O3. The van der Waals surface area contributed by atoms with Crippen LogP contribution in [-0.4, -0.2) is 70.2 Å². The van der Waals surface area contributed by atoms with E-state index in [9.17, 15) is 27.6 Å². The Morgan fingerprint density at radius 3 is 2.36 bits per heavy atom. The maximum Gasteiger partial charge on any atom is 0.418 e. The first kappa shape index (κ1) is 24.4. The molecule has 1 aromatic carbocycles. The van der Waals surface area contributed by atoms with E-state index < -0.39 is 28.8 Å². The number of benzene rings is 1. The van der Waals surface area contributed by atoms with Crippen molar-refractivity contribution < 1.29 is 22.8 Å². The van der Waals surface area contributed by atoms with E-state index in [2.05, 4.69) is 10.4 Å². The van der Waals surface area contributed by atoms with Crippen LogP contribution in [0.25, 0.3) is 5.69 Å². The molecule has 0 atom stereocenters. The zero-order valence-electron chi connectivity index (χ0n) is 18.6. The number of para-hydroxylation sites is 1. The molecule has 8 nitrogen and oxygen atoms in total. The number of amides is 2. The number of halogens is 3. The van der Waals surface area contributed by atoms with Crippen molar-refractivity contribution in [3.63, 3.8) is 0 Å². The molecule has 0 radical (unpaired) electrons. The van der Waals surface area contributed by atoms with Gasteiger partial charge in [0, 0.05) is 44.0 Å². The highest BCUT2D eigenvalue weighted by Crippen LogP contribution is 2.33. The molecule has 1 N–H and O–H groups in total. The zero-order valence-corrected chi connectivity index (χ0v) is 18.6. The Morgan fingerprint density at radius 2 is 1.76 bits per heavy atom. The lowest BCUT2D eigenvalue weighted by Crippen LogP contribution is -2.52. The molecule has 0 saturated carbocycles. The third-order valence-electron chi connectivity index (χ3n) is 5.22. The van der Waals surface area contributed by atoms with Gasteiger partial charge in [-0.3, -0.25) is 19.3 Å². The second kappa shape index (κ2) is 9.74. The van der Waals surface area contributed by atoms with Crippen molar-refractivity contribution in [2.75, 3.05) is 32.7 Å². The number of rotatable bonds is 5. The van der Waals surface area contributed by atoms with Crippen LogP contribution in [0.1, 0.15) is 35.6 Å². The Kier molecular flexibility index (Phi) is 7.21. The molecule has 11 heteroatoms. The van der Waals surface area contributed by atoms with Gasteiger partial charge in [-0.2, -0.15) is 18.3 Å². The summed E-state index contributed by atoms with van der Waals surface area (Å²) in [6, 6.07) is 5.99. The number of alkyl halides is 3. The number of aromatic nitrogens is 2. The van der Waals surface area contributed by atoms with E-state index in [1.807, 2.05) is 18.7 Å². The Balaban J connectivity index is 1.81. The number of hydrogen-bond donors (Lipinski definition) is 1. The minimum Gasteiger partial charge on any atom is -0.353 e. The predicted molar refractivity (Wildman–Crippen MR) is 115 cm³/mol. The van der Waals surface area contributed by atoms with E-state index in [0.29, 0.717) is 13.1 Å². The number of carbonyl (C=O) groups is 2. The molecule has 0 unspecified atom stereocenters. The van der Waals surface area contributed by atoms with Crippen molar-refractivity contribution in [1.82, 2.24) is 24.9 Å². The van der Waals surface area contributed by atoms with Crippen molar-refractivity contribution in [3.8, 4) is 5.69 Å². The number of carbonyl (C=O) groups excluding carboxylic acids is 2. The maximum absolute atomic E-state index is 13.5. The van der Waals surface area contributed by atoms with Gasteiger partial charge in [0.05, 0.1) is 17.8 Å². The van der Waals surface area contributed by atoms with Crippen LogP contribution in [0.3, 0.4) is 0 Å². The Labute approximate surface area is 189 Å². The van der Waals surface area contributed by atoms with E-state index >= 15 is 0 Å². The Bertz CT molecular complexity index is 1090. The third-order valence-corrected chi connectivity index (χ3v) is 5.22. The lowest BCUT2D eigenvalue weighted by Gasteiger charge is -2.34. The molecule has 0 spiro atoms.